The Kier molecular flexibility index (Phi) is 6.73. The first-order valence-corrected chi connectivity index (χ1v) is 8.83. The summed E-state index contributed by atoms with van der Waals surface area (Å²) in [5, 5.41) is 3.11. The summed E-state index contributed by atoms with van der Waals surface area (Å²) >= 11 is 0. The van der Waals surface area contributed by atoms with Gasteiger partial charge in [-0.3, -0.25) is 0 Å². The number of ether oxygens (including phenoxy) is 2. The van der Waals surface area contributed by atoms with Crippen molar-refractivity contribution in [1.82, 2.24) is 10.2 Å². The molecule has 1 fully saturated rings. The normalized spacial score (nSPS) is 17.0. The van der Waals surface area contributed by atoms with Gasteiger partial charge in [-0.15, -0.1) is 0 Å². The number of benzene rings is 2. The maximum atomic E-state index is 13.2. The molecule has 1 atom stereocenters. The first kappa shape index (κ1) is 19.3. The molecule has 0 bridgehead atoms. The third kappa shape index (κ3) is 6.01. The molecule has 0 spiro atoms. The van der Waals surface area contributed by atoms with E-state index < -0.39 is 11.6 Å². The molecule has 1 amide bonds. The minimum Gasteiger partial charge on any atom is -0.445 e. The molecular formula is C20H22F2N2O3. The number of nitrogens with one attached hydrogen (secondary N) is 1. The molecule has 7 heteroatoms. The fourth-order valence-corrected chi connectivity index (χ4v) is 2.91. The zero-order chi connectivity index (χ0) is 19.1. The molecule has 1 aliphatic heterocycles. The van der Waals surface area contributed by atoms with Crippen LogP contribution < -0.4 is 5.32 Å². The lowest BCUT2D eigenvalue weighted by Crippen LogP contribution is -2.49. The molecule has 1 aliphatic rings. The highest BCUT2D eigenvalue weighted by Gasteiger charge is 2.25. The number of carbonyl (C=O) groups excluding carboxylic acids is 1. The van der Waals surface area contributed by atoms with Crippen LogP contribution >= 0.6 is 0 Å². The highest BCUT2D eigenvalue weighted by Crippen LogP contribution is 2.10. The Hall–Kier alpha value is -2.51. The maximum Gasteiger partial charge on any atom is 0.410 e. The van der Waals surface area contributed by atoms with E-state index in [0.29, 0.717) is 38.3 Å². The van der Waals surface area contributed by atoms with Crippen molar-refractivity contribution in [3.63, 3.8) is 0 Å². The topological polar surface area (TPSA) is 50.8 Å². The number of carbonyl (C=O) groups is 1. The fraction of sp³-hybridized carbons (Fsp3) is 0.350. The first-order valence-electron chi connectivity index (χ1n) is 8.83. The van der Waals surface area contributed by atoms with Crippen LogP contribution in [0.5, 0.6) is 0 Å². The second kappa shape index (κ2) is 9.43. The number of amides is 1. The summed E-state index contributed by atoms with van der Waals surface area (Å²) in [6, 6.07) is 12.9. The second-order valence-corrected chi connectivity index (χ2v) is 6.39. The smallest absolute Gasteiger partial charge is 0.410 e. The van der Waals surface area contributed by atoms with Crippen molar-refractivity contribution in [1.29, 1.82) is 0 Å². The summed E-state index contributed by atoms with van der Waals surface area (Å²) < 4.78 is 37.4. The van der Waals surface area contributed by atoms with Crippen LogP contribution in [0.3, 0.4) is 0 Å². The van der Waals surface area contributed by atoms with E-state index in [2.05, 4.69) is 5.32 Å². The van der Waals surface area contributed by atoms with Gasteiger partial charge >= 0.3 is 6.09 Å². The van der Waals surface area contributed by atoms with Gasteiger partial charge in [0.1, 0.15) is 18.2 Å². The SMILES string of the molecule is O=C(OCc1ccccc1)N1CCOC(CNCc2cc(F)cc(F)c2)C1. The van der Waals surface area contributed by atoms with Crippen LogP contribution in [0, 0.1) is 11.6 Å². The summed E-state index contributed by atoms with van der Waals surface area (Å²) in [4.78, 5) is 13.8. The van der Waals surface area contributed by atoms with Gasteiger partial charge in [-0.25, -0.2) is 13.6 Å². The number of halogens is 2. The van der Waals surface area contributed by atoms with E-state index in [1.54, 1.807) is 4.90 Å². The minimum atomic E-state index is -0.604. The second-order valence-electron chi connectivity index (χ2n) is 6.39. The van der Waals surface area contributed by atoms with Gasteiger partial charge in [-0.05, 0) is 23.3 Å². The third-order valence-electron chi connectivity index (χ3n) is 4.23. The van der Waals surface area contributed by atoms with E-state index >= 15 is 0 Å². The Morgan fingerprint density at radius 3 is 2.63 bits per heavy atom. The highest BCUT2D eigenvalue weighted by atomic mass is 19.1. The van der Waals surface area contributed by atoms with Gasteiger partial charge in [-0.1, -0.05) is 30.3 Å². The molecule has 0 saturated carbocycles. The van der Waals surface area contributed by atoms with Crippen LogP contribution in [0.1, 0.15) is 11.1 Å². The van der Waals surface area contributed by atoms with Gasteiger partial charge in [0.2, 0.25) is 0 Å². The molecule has 0 aliphatic carbocycles. The monoisotopic (exact) mass is 376 g/mol. The van der Waals surface area contributed by atoms with Crippen molar-refractivity contribution in [2.24, 2.45) is 0 Å². The molecule has 27 heavy (non-hydrogen) atoms. The number of hydrogen-bond acceptors (Lipinski definition) is 4. The van der Waals surface area contributed by atoms with Gasteiger partial charge < -0.3 is 19.7 Å². The Morgan fingerprint density at radius 2 is 1.89 bits per heavy atom. The summed E-state index contributed by atoms with van der Waals surface area (Å²) in [6.07, 6.45) is -0.583. The molecule has 0 aromatic heterocycles. The van der Waals surface area contributed by atoms with E-state index in [1.807, 2.05) is 30.3 Å². The third-order valence-corrected chi connectivity index (χ3v) is 4.23. The van der Waals surface area contributed by atoms with E-state index in [9.17, 15) is 13.6 Å². The lowest BCUT2D eigenvalue weighted by Gasteiger charge is -2.32. The van der Waals surface area contributed by atoms with Crippen molar-refractivity contribution in [2.45, 2.75) is 19.3 Å². The van der Waals surface area contributed by atoms with Crippen LogP contribution in [0.25, 0.3) is 0 Å². The van der Waals surface area contributed by atoms with Gasteiger partial charge in [0, 0.05) is 25.7 Å². The molecule has 0 radical (unpaired) electrons. The Labute approximate surface area is 156 Å². The van der Waals surface area contributed by atoms with Gasteiger partial charge in [0.05, 0.1) is 19.3 Å². The Bertz CT molecular complexity index is 738. The summed E-state index contributed by atoms with van der Waals surface area (Å²) in [6.45, 7) is 2.29. The Balaban J connectivity index is 1.42. The predicted molar refractivity (Wildman–Crippen MR) is 96.0 cm³/mol. The maximum absolute atomic E-state index is 13.2. The van der Waals surface area contributed by atoms with Crippen LogP contribution in [0.2, 0.25) is 0 Å². The average molecular weight is 376 g/mol. The van der Waals surface area contributed by atoms with Crippen molar-refractivity contribution in [3.05, 3.63) is 71.3 Å². The van der Waals surface area contributed by atoms with Gasteiger partial charge in [0.25, 0.3) is 0 Å². The standard InChI is InChI=1S/C20H22F2N2O3/c21-17-8-16(9-18(22)10-17)11-23-12-19-13-24(6-7-26-19)20(25)27-14-15-4-2-1-3-5-15/h1-5,8-10,19,23H,6-7,11-14H2. The lowest BCUT2D eigenvalue weighted by atomic mass is 10.2. The van der Waals surface area contributed by atoms with Gasteiger partial charge in [-0.2, -0.15) is 0 Å². The van der Waals surface area contributed by atoms with E-state index in [4.69, 9.17) is 9.47 Å². The van der Waals surface area contributed by atoms with Crippen molar-refractivity contribution < 1.29 is 23.0 Å². The number of rotatable bonds is 6. The van der Waals surface area contributed by atoms with Crippen LogP contribution in [-0.4, -0.2) is 43.3 Å². The first-order chi connectivity index (χ1) is 13.1. The van der Waals surface area contributed by atoms with E-state index in [-0.39, 0.29) is 18.8 Å². The van der Waals surface area contributed by atoms with Crippen molar-refractivity contribution in [3.8, 4) is 0 Å². The summed E-state index contributed by atoms with van der Waals surface area (Å²) in [5.74, 6) is -1.21. The largest absolute Gasteiger partial charge is 0.445 e. The molecular weight excluding hydrogens is 354 g/mol. The number of nitrogens with zero attached hydrogens (tertiary/aromatic N) is 1. The van der Waals surface area contributed by atoms with Crippen molar-refractivity contribution in [2.75, 3.05) is 26.2 Å². The molecule has 2 aromatic rings. The fourth-order valence-electron chi connectivity index (χ4n) is 2.91. The Morgan fingerprint density at radius 1 is 1.15 bits per heavy atom. The zero-order valence-corrected chi connectivity index (χ0v) is 14.9. The molecule has 1 N–H and O–H groups in total. The molecule has 2 aromatic carbocycles. The van der Waals surface area contributed by atoms with E-state index in [1.165, 1.54) is 12.1 Å². The highest BCUT2D eigenvalue weighted by molar-refractivity contribution is 5.67. The van der Waals surface area contributed by atoms with Crippen LogP contribution in [-0.2, 0) is 22.6 Å². The molecule has 3 rings (SSSR count). The van der Waals surface area contributed by atoms with E-state index in [0.717, 1.165) is 11.6 Å². The zero-order valence-electron chi connectivity index (χ0n) is 14.9. The summed E-state index contributed by atoms with van der Waals surface area (Å²) in [7, 11) is 0. The van der Waals surface area contributed by atoms with Crippen LogP contribution in [0.4, 0.5) is 13.6 Å². The number of morpholine rings is 1. The molecule has 1 saturated heterocycles. The predicted octanol–water partition coefficient (Wildman–Crippen LogP) is 3.09. The molecule has 144 valence electrons. The molecule has 1 unspecified atom stereocenters. The molecule has 1 heterocycles. The lowest BCUT2D eigenvalue weighted by molar-refractivity contribution is -0.0271. The quantitative estimate of drug-likeness (QED) is 0.842. The number of hydrogen-bond donors (Lipinski definition) is 1. The average Bonchev–Trinajstić information content (AvgIpc) is 2.66. The van der Waals surface area contributed by atoms with Crippen molar-refractivity contribution >= 4 is 6.09 Å². The molecule has 5 nitrogen and oxygen atoms in total. The van der Waals surface area contributed by atoms with Gasteiger partial charge in [0.15, 0.2) is 0 Å². The minimum absolute atomic E-state index is 0.207. The summed E-state index contributed by atoms with van der Waals surface area (Å²) in [5.41, 5.74) is 1.45. The van der Waals surface area contributed by atoms with Crippen LogP contribution in [0.15, 0.2) is 48.5 Å².